The van der Waals surface area contributed by atoms with E-state index in [1.807, 2.05) is 0 Å². The molecule has 0 spiro atoms. The van der Waals surface area contributed by atoms with Crippen LogP contribution in [0, 0.1) is 5.92 Å². The summed E-state index contributed by atoms with van der Waals surface area (Å²) in [6.45, 7) is 3.21. The summed E-state index contributed by atoms with van der Waals surface area (Å²) < 4.78 is 0. The summed E-state index contributed by atoms with van der Waals surface area (Å²) in [5.74, 6) is -5.40. The third-order valence-electron chi connectivity index (χ3n) is 3.27. The van der Waals surface area contributed by atoms with E-state index in [0.717, 1.165) is 0 Å². The zero-order valence-electron chi connectivity index (χ0n) is 14.0. The SMILES string of the molecule is CC(C)C(NC(=O)C(N)CC(=O)O)C(=O)NC(CCC(N)=O)C(=O)O. The topological polar surface area (TPSA) is 202 Å². The molecule has 25 heavy (non-hydrogen) atoms. The normalized spacial score (nSPS) is 14.2. The smallest absolute Gasteiger partial charge is 0.326 e. The second-order valence-corrected chi connectivity index (χ2v) is 5.84. The fourth-order valence-corrected chi connectivity index (χ4v) is 1.88. The quantitative estimate of drug-likeness (QED) is 0.237. The van der Waals surface area contributed by atoms with E-state index in [4.69, 9.17) is 21.7 Å². The van der Waals surface area contributed by atoms with Gasteiger partial charge >= 0.3 is 11.9 Å². The summed E-state index contributed by atoms with van der Waals surface area (Å²) >= 11 is 0. The molecule has 8 N–H and O–H groups in total. The molecular weight excluding hydrogens is 336 g/mol. The van der Waals surface area contributed by atoms with Crippen LogP contribution in [-0.4, -0.2) is 58.0 Å². The molecular formula is C14H24N4O7. The highest BCUT2D eigenvalue weighted by Crippen LogP contribution is 2.05. The van der Waals surface area contributed by atoms with Crippen molar-refractivity contribution in [2.45, 2.75) is 51.2 Å². The average Bonchev–Trinajstić information content (AvgIpc) is 2.46. The number of nitrogens with two attached hydrogens (primary N) is 2. The molecule has 3 amide bonds. The van der Waals surface area contributed by atoms with Crippen LogP contribution in [0.4, 0.5) is 0 Å². The second kappa shape index (κ2) is 10.2. The molecule has 142 valence electrons. The molecule has 0 saturated heterocycles. The number of carboxylic acids is 2. The van der Waals surface area contributed by atoms with Gasteiger partial charge in [-0.3, -0.25) is 19.2 Å². The molecule has 11 nitrogen and oxygen atoms in total. The molecule has 0 aliphatic carbocycles. The van der Waals surface area contributed by atoms with Gasteiger partial charge in [-0.1, -0.05) is 13.8 Å². The van der Waals surface area contributed by atoms with E-state index < -0.39 is 60.1 Å². The maximum absolute atomic E-state index is 12.3. The van der Waals surface area contributed by atoms with E-state index in [2.05, 4.69) is 10.6 Å². The minimum atomic E-state index is -1.36. The van der Waals surface area contributed by atoms with Gasteiger partial charge in [-0.15, -0.1) is 0 Å². The number of amides is 3. The fourth-order valence-electron chi connectivity index (χ4n) is 1.88. The van der Waals surface area contributed by atoms with Crippen LogP contribution in [0.15, 0.2) is 0 Å². The molecule has 0 saturated carbocycles. The Bertz CT molecular complexity index is 535. The summed E-state index contributed by atoms with van der Waals surface area (Å²) in [5, 5.41) is 22.2. The zero-order chi connectivity index (χ0) is 19.7. The Morgan fingerprint density at radius 1 is 1.00 bits per heavy atom. The molecule has 0 aromatic heterocycles. The lowest BCUT2D eigenvalue weighted by molar-refractivity contribution is -0.143. The van der Waals surface area contributed by atoms with Crippen molar-refractivity contribution in [3.8, 4) is 0 Å². The lowest BCUT2D eigenvalue weighted by atomic mass is 10.0. The van der Waals surface area contributed by atoms with Crippen LogP contribution in [0.2, 0.25) is 0 Å². The van der Waals surface area contributed by atoms with Crippen LogP contribution in [0.5, 0.6) is 0 Å². The van der Waals surface area contributed by atoms with Crippen molar-refractivity contribution in [1.82, 2.24) is 10.6 Å². The van der Waals surface area contributed by atoms with Crippen molar-refractivity contribution in [3.63, 3.8) is 0 Å². The molecule has 0 bridgehead atoms. The standard InChI is InChI=1S/C14H24N4O7/c1-6(2)11(18-12(22)7(15)5-10(20)21)13(23)17-8(14(24)25)3-4-9(16)19/h6-8,11H,3-5,15H2,1-2H3,(H2,16,19)(H,17,23)(H,18,22)(H,20,21)(H,24,25). The second-order valence-electron chi connectivity index (χ2n) is 5.84. The molecule has 0 fully saturated rings. The summed E-state index contributed by atoms with van der Waals surface area (Å²) in [7, 11) is 0. The molecule has 0 aliphatic rings. The lowest BCUT2D eigenvalue weighted by Gasteiger charge is -2.25. The van der Waals surface area contributed by atoms with Crippen LogP contribution in [0.25, 0.3) is 0 Å². The highest BCUT2D eigenvalue weighted by molar-refractivity contribution is 5.93. The molecule has 11 heteroatoms. The number of hydrogen-bond acceptors (Lipinski definition) is 6. The number of carbonyl (C=O) groups is 5. The highest BCUT2D eigenvalue weighted by atomic mass is 16.4. The van der Waals surface area contributed by atoms with Gasteiger partial charge in [0.05, 0.1) is 12.5 Å². The van der Waals surface area contributed by atoms with E-state index in [1.165, 1.54) is 0 Å². The van der Waals surface area contributed by atoms with Gasteiger partial charge in [0.1, 0.15) is 12.1 Å². The number of carbonyl (C=O) groups excluding carboxylic acids is 3. The van der Waals surface area contributed by atoms with Crippen LogP contribution in [-0.2, 0) is 24.0 Å². The van der Waals surface area contributed by atoms with E-state index in [9.17, 15) is 24.0 Å². The minimum absolute atomic E-state index is 0.201. The van der Waals surface area contributed by atoms with Crippen molar-refractivity contribution >= 4 is 29.7 Å². The Morgan fingerprint density at radius 2 is 1.56 bits per heavy atom. The van der Waals surface area contributed by atoms with E-state index in [0.29, 0.717) is 0 Å². The van der Waals surface area contributed by atoms with Gasteiger partial charge in [0, 0.05) is 6.42 Å². The number of primary amides is 1. The Labute approximate surface area is 144 Å². The zero-order valence-corrected chi connectivity index (χ0v) is 14.0. The number of aliphatic carboxylic acids is 2. The Kier molecular flexibility index (Phi) is 9.13. The van der Waals surface area contributed by atoms with Crippen LogP contribution in [0.1, 0.15) is 33.1 Å². The van der Waals surface area contributed by atoms with Crippen molar-refractivity contribution in [2.24, 2.45) is 17.4 Å². The van der Waals surface area contributed by atoms with Gasteiger partial charge in [-0.25, -0.2) is 4.79 Å². The summed E-state index contributed by atoms with van der Waals surface area (Å²) in [5.41, 5.74) is 10.4. The number of rotatable bonds is 11. The largest absolute Gasteiger partial charge is 0.481 e. The van der Waals surface area contributed by atoms with Gasteiger partial charge < -0.3 is 32.3 Å². The van der Waals surface area contributed by atoms with E-state index in [1.54, 1.807) is 13.8 Å². The first-order chi connectivity index (χ1) is 11.5. The predicted molar refractivity (Wildman–Crippen MR) is 85.0 cm³/mol. The molecule has 0 heterocycles. The molecule has 0 aliphatic heterocycles. The maximum atomic E-state index is 12.3. The van der Waals surface area contributed by atoms with Crippen molar-refractivity contribution < 1.29 is 34.2 Å². The van der Waals surface area contributed by atoms with Gasteiger partial charge in [-0.2, -0.15) is 0 Å². The fraction of sp³-hybridized carbons (Fsp3) is 0.643. The lowest BCUT2D eigenvalue weighted by Crippen LogP contribution is -2.56. The third kappa shape index (κ3) is 8.65. The average molecular weight is 360 g/mol. The van der Waals surface area contributed by atoms with Gasteiger partial charge in [0.15, 0.2) is 0 Å². The van der Waals surface area contributed by atoms with E-state index >= 15 is 0 Å². The Balaban J connectivity index is 4.97. The molecule has 0 rings (SSSR count). The Hall–Kier alpha value is -2.69. The van der Waals surface area contributed by atoms with Crippen LogP contribution < -0.4 is 22.1 Å². The van der Waals surface area contributed by atoms with Crippen molar-refractivity contribution in [2.75, 3.05) is 0 Å². The van der Waals surface area contributed by atoms with Crippen molar-refractivity contribution in [3.05, 3.63) is 0 Å². The molecule has 0 aromatic carbocycles. The first kappa shape index (κ1) is 22.3. The molecule has 0 radical (unpaired) electrons. The molecule has 3 unspecified atom stereocenters. The maximum Gasteiger partial charge on any atom is 0.326 e. The van der Waals surface area contributed by atoms with Crippen LogP contribution in [0.3, 0.4) is 0 Å². The first-order valence-electron chi connectivity index (χ1n) is 7.54. The first-order valence-corrected chi connectivity index (χ1v) is 7.54. The van der Waals surface area contributed by atoms with Crippen LogP contribution >= 0.6 is 0 Å². The van der Waals surface area contributed by atoms with Gasteiger partial charge in [0.2, 0.25) is 17.7 Å². The van der Waals surface area contributed by atoms with Gasteiger partial charge in [-0.05, 0) is 12.3 Å². The van der Waals surface area contributed by atoms with Gasteiger partial charge in [0.25, 0.3) is 0 Å². The third-order valence-corrected chi connectivity index (χ3v) is 3.27. The predicted octanol–water partition coefficient (Wildman–Crippen LogP) is -2.24. The molecule has 3 atom stereocenters. The summed E-state index contributed by atoms with van der Waals surface area (Å²) in [6.07, 6.45) is -1.05. The van der Waals surface area contributed by atoms with E-state index in [-0.39, 0.29) is 12.8 Å². The Morgan fingerprint density at radius 3 is 1.96 bits per heavy atom. The minimum Gasteiger partial charge on any atom is -0.481 e. The number of carboxylic acid groups (broad SMARTS) is 2. The highest BCUT2D eigenvalue weighted by Gasteiger charge is 2.30. The summed E-state index contributed by atoms with van der Waals surface area (Å²) in [4.78, 5) is 56.6. The van der Waals surface area contributed by atoms with Crippen molar-refractivity contribution in [1.29, 1.82) is 0 Å². The number of nitrogens with one attached hydrogen (secondary N) is 2. The molecule has 0 aromatic rings. The number of hydrogen-bond donors (Lipinski definition) is 6. The monoisotopic (exact) mass is 360 g/mol. The summed E-state index contributed by atoms with van der Waals surface area (Å²) in [6, 6.07) is -3.83.